The first kappa shape index (κ1) is 10.2. The van der Waals surface area contributed by atoms with Crippen molar-refractivity contribution >= 4 is 15.9 Å². The highest BCUT2D eigenvalue weighted by Gasteiger charge is 2.14. The summed E-state index contributed by atoms with van der Waals surface area (Å²) >= 11 is 3.18. The Labute approximate surface area is 95.9 Å². The van der Waals surface area contributed by atoms with E-state index in [1.165, 1.54) is 9.36 Å². The minimum Gasteiger partial charge on any atom is -0.837 e. The van der Waals surface area contributed by atoms with Gasteiger partial charge in [-0.15, -0.1) is 9.36 Å². The van der Waals surface area contributed by atoms with Crippen LogP contribution < -0.4 is 9.79 Å². The lowest BCUT2D eigenvalue weighted by Crippen LogP contribution is -2.32. The third kappa shape index (κ3) is 1.74. The van der Waals surface area contributed by atoms with Gasteiger partial charge in [0.25, 0.3) is 0 Å². The monoisotopic (exact) mass is 267 g/mol. The summed E-state index contributed by atoms with van der Waals surface area (Å²) in [6, 6.07) is 7.64. The summed E-state index contributed by atoms with van der Waals surface area (Å²) in [5.41, 5.74) is 1.92. The third-order valence-electron chi connectivity index (χ3n) is 2.16. The van der Waals surface area contributed by atoms with Gasteiger partial charge in [0.1, 0.15) is 12.9 Å². The smallest absolute Gasteiger partial charge is 0.226 e. The Morgan fingerprint density at radius 3 is 2.40 bits per heavy atom. The molecule has 0 spiro atoms. The lowest BCUT2D eigenvalue weighted by Gasteiger charge is -2.01. The second kappa shape index (κ2) is 3.66. The number of hydrogen-bond donors (Lipinski definition) is 0. The van der Waals surface area contributed by atoms with Gasteiger partial charge in [0.15, 0.2) is 5.69 Å². The predicted molar refractivity (Wildman–Crippen MR) is 56.6 cm³/mol. The molecule has 78 valence electrons. The number of aryl methyl sites for hydroxylation is 2. The molecule has 4 nitrogen and oxygen atoms in total. The van der Waals surface area contributed by atoms with E-state index in [1.54, 1.807) is 7.05 Å². The molecule has 5 heteroatoms. The van der Waals surface area contributed by atoms with Crippen molar-refractivity contribution in [3.8, 4) is 11.6 Å². The number of halogens is 1. The van der Waals surface area contributed by atoms with Gasteiger partial charge in [0.2, 0.25) is 4.60 Å². The highest BCUT2D eigenvalue weighted by Crippen LogP contribution is 2.19. The Balaban J connectivity index is 2.54. The molecule has 1 heterocycles. The summed E-state index contributed by atoms with van der Waals surface area (Å²) in [6.45, 7) is 2.00. The van der Waals surface area contributed by atoms with Crippen molar-refractivity contribution < 1.29 is 9.79 Å². The first-order valence-electron chi connectivity index (χ1n) is 4.48. The summed E-state index contributed by atoms with van der Waals surface area (Å²) in [4.78, 5) is 0. The molecule has 0 bridgehead atoms. The minimum atomic E-state index is -0.152. The Bertz CT molecular complexity index is 490. The van der Waals surface area contributed by atoms with E-state index >= 15 is 0 Å². The lowest BCUT2D eigenvalue weighted by molar-refractivity contribution is -0.742. The highest BCUT2D eigenvalue weighted by atomic mass is 79.9. The lowest BCUT2D eigenvalue weighted by atomic mass is 10.2. The molecule has 0 aliphatic rings. The van der Waals surface area contributed by atoms with Crippen LogP contribution in [-0.2, 0) is 7.05 Å². The van der Waals surface area contributed by atoms with Crippen LogP contribution in [0.15, 0.2) is 28.9 Å². The van der Waals surface area contributed by atoms with E-state index in [2.05, 4.69) is 21.1 Å². The minimum absolute atomic E-state index is 0.152. The fourth-order valence-electron chi connectivity index (χ4n) is 1.29. The number of rotatable bonds is 1. The molecule has 0 atom stereocenters. The highest BCUT2D eigenvalue weighted by molar-refractivity contribution is 9.10. The van der Waals surface area contributed by atoms with Crippen molar-refractivity contribution in [2.24, 2.45) is 7.05 Å². The molecule has 0 radical (unpaired) electrons. The summed E-state index contributed by atoms with van der Waals surface area (Å²) in [6.07, 6.45) is 0. The number of aromatic nitrogens is 3. The maximum absolute atomic E-state index is 11.7. The molecule has 2 rings (SSSR count). The summed E-state index contributed by atoms with van der Waals surface area (Å²) in [7, 11) is 1.72. The van der Waals surface area contributed by atoms with Crippen LogP contribution in [0, 0.1) is 6.92 Å². The first-order chi connectivity index (χ1) is 7.09. The molecule has 0 N–H and O–H groups in total. The van der Waals surface area contributed by atoms with Gasteiger partial charge >= 0.3 is 0 Å². The normalized spacial score (nSPS) is 10.6. The Hall–Kier alpha value is -1.36. The zero-order chi connectivity index (χ0) is 11.0. The van der Waals surface area contributed by atoms with Crippen molar-refractivity contribution in [3.63, 3.8) is 0 Å². The van der Waals surface area contributed by atoms with E-state index in [9.17, 15) is 5.11 Å². The van der Waals surface area contributed by atoms with Gasteiger partial charge in [-0.3, -0.25) is 0 Å². The third-order valence-corrected chi connectivity index (χ3v) is 3.01. The van der Waals surface area contributed by atoms with Crippen molar-refractivity contribution in [1.29, 1.82) is 0 Å². The molecular weight excluding hydrogens is 258 g/mol. The van der Waals surface area contributed by atoms with Crippen LogP contribution in [0.5, 0.6) is 5.88 Å². The molecule has 0 aliphatic heterocycles. The SMILES string of the molecule is Cc1ccc(-n2n[n+](C)c(Br)c2[O-])cc1. The largest absolute Gasteiger partial charge is 0.837 e. The second-order valence-corrected chi connectivity index (χ2v) is 4.11. The summed E-state index contributed by atoms with van der Waals surface area (Å²) in [5.74, 6) is -0.152. The molecule has 0 fully saturated rings. The number of benzene rings is 1. The van der Waals surface area contributed by atoms with E-state index in [1.807, 2.05) is 31.2 Å². The maximum atomic E-state index is 11.7. The van der Waals surface area contributed by atoms with E-state index in [4.69, 9.17) is 0 Å². The van der Waals surface area contributed by atoms with Crippen molar-refractivity contribution in [1.82, 2.24) is 9.90 Å². The first-order valence-corrected chi connectivity index (χ1v) is 5.28. The van der Waals surface area contributed by atoms with Crippen LogP contribution >= 0.6 is 15.9 Å². The molecule has 2 aromatic rings. The fourth-order valence-corrected chi connectivity index (χ4v) is 1.53. The van der Waals surface area contributed by atoms with Crippen molar-refractivity contribution in [2.75, 3.05) is 0 Å². The van der Waals surface area contributed by atoms with Crippen LogP contribution in [0.2, 0.25) is 0 Å². The Morgan fingerprint density at radius 1 is 1.33 bits per heavy atom. The van der Waals surface area contributed by atoms with Gasteiger partial charge in [-0.2, -0.15) is 0 Å². The molecule has 1 aromatic heterocycles. The molecular formula is C10H10BrN3O. The van der Waals surface area contributed by atoms with Gasteiger partial charge < -0.3 is 5.11 Å². The van der Waals surface area contributed by atoms with Gasteiger partial charge in [-0.1, -0.05) is 17.7 Å². The fraction of sp³-hybridized carbons (Fsp3) is 0.200. The van der Waals surface area contributed by atoms with E-state index in [0.29, 0.717) is 4.60 Å². The van der Waals surface area contributed by atoms with Crippen LogP contribution in [-0.4, -0.2) is 9.90 Å². The zero-order valence-corrected chi connectivity index (χ0v) is 10.0. The van der Waals surface area contributed by atoms with Crippen LogP contribution in [0.4, 0.5) is 0 Å². The molecule has 0 aliphatic carbocycles. The molecule has 15 heavy (non-hydrogen) atoms. The Morgan fingerprint density at radius 2 is 1.93 bits per heavy atom. The summed E-state index contributed by atoms with van der Waals surface area (Å²) < 4.78 is 3.31. The molecule has 0 saturated carbocycles. The van der Waals surface area contributed by atoms with Crippen LogP contribution in [0.25, 0.3) is 5.69 Å². The van der Waals surface area contributed by atoms with Gasteiger partial charge in [-0.25, -0.2) is 0 Å². The van der Waals surface area contributed by atoms with Crippen LogP contribution in [0.3, 0.4) is 0 Å². The molecule has 0 saturated heterocycles. The molecule has 0 unspecified atom stereocenters. The van der Waals surface area contributed by atoms with Crippen LogP contribution in [0.1, 0.15) is 5.56 Å². The maximum Gasteiger partial charge on any atom is 0.226 e. The van der Waals surface area contributed by atoms with E-state index in [-0.39, 0.29) is 5.88 Å². The average molecular weight is 268 g/mol. The quantitative estimate of drug-likeness (QED) is 0.719. The number of hydrogen-bond acceptors (Lipinski definition) is 2. The van der Waals surface area contributed by atoms with Crippen molar-refractivity contribution in [3.05, 3.63) is 34.4 Å². The van der Waals surface area contributed by atoms with Gasteiger partial charge in [0.05, 0.1) is 5.21 Å². The van der Waals surface area contributed by atoms with E-state index < -0.39 is 0 Å². The second-order valence-electron chi connectivity index (χ2n) is 3.36. The van der Waals surface area contributed by atoms with Crippen molar-refractivity contribution in [2.45, 2.75) is 6.92 Å². The molecule has 1 aromatic carbocycles. The van der Waals surface area contributed by atoms with Gasteiger partial charge in [0, 0.05) is 15.9 Å². The standard InChI is InChI=1S/C10H10BrN3O/c1-7-3-5-8(6-4-7)14-10(15)9(11)13(2)12-14/h3-6H,1-2H3. The topological polar surface area (TPSA) is 44.8 Å². The Kier molecular flexibility index (Phi) is 2.48. The molecule has 0 amide bonds. The zero-order valence-electron chi connectivity index (χ0n) is 8.44. The van der Waals surface area contributed by atoms with E-state index in [0.717, 1.165) is 11.3 Å². The average Bonchev–Trinajstić information content (AvgIpc) is 2.47. The predicted octanol–water partition coefficient (Wildman–Crippen LogP) is 0.841. The summed E-state index contributed by atoms with van der Waals surface area (Å²) in [5, 5.41) is 15.8. The number of nitrogens with zero attached hydrogens (tertiary/aromatic N) is 3. The van der Waals surface area contributed by atoms with Gasteiger partial charge in [-0.05, 0) is 19.1 Å².